The molecule has 3 aliphatic carbocycles. The monoisotopic (exact) mass is 146 g/mol. The van der Waals surface area contributed by atoms with Crippen molar-refractivity contribution in [2.75, 3.05) is 0 Å². The van der Waals surface area contributed by atoms with Crippen molar-refractivity contribution in [1.82, 2.24) is 0 Å². The molecule has 58 valence electrons. The van der Waals surface area contributed by atoms with E-state index in [4.69, 9.17) is 0 Å². The van der Waals surface area contributed by atoms with E-state index in [-0.39, 0.29) is 0 Å². The van der Waals surface area contributed by atoms with Crippen LogP contribution in [0, 0.1) is 11.8 Å². The first kappa shape index (κ1) is 6.90. The molecule has 0 aliphatic heterocycles. The van der Waals surface area contributed by atoms with Gasteiger partial charge in [0.1, 0.15) is 0 Å². The fourth-order valence-electron chi connectivity index (χ4n) is 2.08. The van der Waals surface area contributed by atoms with Crippen LogP contribution in [-0.4, -0.2) is 0 Å². The third-order valence-electron chi connectivity index (χ3n) is 2.91. The molecule has 0 N–H and O–H groups in total. The van der Waals surface area contributed by atoms with Crippen molar-refractivity contribution >= 4 is 0 Å². The molecule has 1 fully saturated rings. The Labute approximate surface area is 68.3 Å². The van der Waals surface area contributed by atoms with Crippen molar-refractivity contribution in [3.8, 4) is 0 Å². The molecule has 3 rings (SSSR count). The number of allylic oxidation sites excluding steroid dienone is 4. The van der Waals surface area contributed by atoms with Gasteiger partial charge < -0.3 is 0 Å². The SMILES string of the molecule is C=C1C(=C)C2C=CC1CCC2. The van der Waals surface area contributed by atoms with Gasteiger partial charge in [-0.3, -0.25) is 0 Å². The van der Waals surface area contributed by atoms with Gasteiger partial charge in [0.2, 0.25) is 0 Å². The van der Waals surface area contributed by atoms with Gasteiger partial charge in [-0.1, -0.05) is 31.7 Å². The molecule has 0 radical (unpaired) electrons. The zero-order valence-electron chi connectivity index (χ0n) is 6.84. The number of hydrogen-bond acceptors (Lipinski definition) is 0. The van der Waals surface area contributed by atoms with Crippen LogP contribution >= 0.6 is 0 Å². The minimum atomic E-state index is 0.612. The lowest BCUT2D eigenvalue weighted by Gasteiger charge is -2.22. The van der Waals surface area contributed by atoms with Gasteiger partial charge in [-0.2, -0.15) is 0 Å². The fourth-order valence-corrected chi connectivity index (χ4v) is 2.08. The summed E-state index contributed by atoms with van der Waals surface area (Å²) in [6.45, 7) is 8.17. The van der Waals surface area contributed by atoms with Crippen LogP contribution in [0.2, 0.25) is 0 Å². The average molecular weight is 146 g/mol. The number of hydrogen-bond donors (Lipinski definition) is 0. The molecule has 0 heteroatoms. The first-order valence-electron chi connectivity index (χ1n) is 4.35. The maximum atomic E-state index is 4.09. The molecule has 0 aromatic carbocycles. The molecular formula is C11H14. The summed E-state index contributed by atoms with van der Waals surface area (Å²) in [6, 6.07) is 0. The quantitative estimate of drug-likeness (QED) is 0.461. The van der Waals surface area contributed by atoms with E-state index in [1.807, 2.05) is 0 Å². The van der Waals surface area contributed by atoms with Crippen LogP contribution in [-0.2, 0) is 0 Å². The van der Waals surface area contributed by atoms with E-state index >= 15 is 0 Å². The minimum Gasteiger partial charge on any atom is -0.0950 e. The molecule has 1 saturated carbocycles. The Bertz CT molecular complexity index is 208. The van der Waals surface area contributed by atoms with Crippen molar-refractivity contribution in [2.45, 2.75) is 19.3 Å². The zero-order chi connectivity index (χ0) is 7.84. The molecule has 0 heterocycles. The average Bonchev–Trinajstić information content (AvgIpc) is 2.30. The highest BCUT2D eigenvalue weighted by Gasteiger charge is 2.25. The van der Waals surface area contributed by atoms with Crippen LogP contribution in [0.4, 0.5) is 0 Å². The standard InChI is InChI=1S/C11H14/c1-8-9(2)11-5-3-4-10(8)6-7-11/h6-7,10-11H,1-5H2. The molecule has 0 aromatic rings. The number of fused-ring (bicyclic) bond motifs is 3. The summed E-state index contributed by atoms with van der Waals surface area (Å²) in [5.74, 6) is 1.22. The molecule has 0 amide bonds. The van der Waals surface area contributed by atoms with E-state index in [1.54, 1.807) is 0 Å². The molecule has 2 atom stereocenters. The molecule has 0 nitrogen and oxygen atoms in total. The molecule has 0 saturated heterocycles. The van der Waals surface area contributed by atoms with Crippen LogP contribution in [0.3, 0.4) is 0 Å². The van der Waals surface area contributed by atoms with E-state index in [0.29, 0.717) is 11.8 Å². The molecule has 3 aliphatic rings. The Kier molecular flexibility index (Phi) is 1.49. The fraction of sp³-hybridized carbons (Fsp3) is 0.455. The van der Waals surface area contributed by atoms with Crippen molar-refractivity contribution in [2.24, 2.45) is 11.8 Å². The molecule has 0 spiro atoms. The second kappa shape index (κ2) is 2.37. The predicted molar refractivity (Wildman–Crippen MR) is 48.3 cm³/mol. The van der Waals surface area contributed by atoms with Gasteiger partial charge >= 0.3 is 0 Å². The van der Waals surface area contributed by atoms with Gasteiger partial charge in [0.15, 0.2) is 0 Å². The molecule has 11 heavy (non-hydrogen) atoms. The largest absolute Gasteiger partial charge is 0.0950 e. The van der Waals surface area contributed by atoms with Crippen molar-refractivity contribution < 1.29 is 0 Å². The molecule has 0 aromatic heterocycles. The third kappa shape index (κ3) is 0.973. The number of rotatable bonds is 0. The lowest BCUT2D eigenvalue weighted by Crippen LogP contribution is -2.08. The van der Waals surface area contributed by atoms with Crippen LogP contribution in [0.25, 0.3) is 0 Å². The first-order chi connectivity index (χ1) is 5.29. The normalized spacial score (nSPS) is 36.0. The second-order valence-electron chi connectivity index (χ2n) is 3.58. The zero-order valence-corrected chi connectivity index (χ0v) is 6.84. The van der Waals surface area contributed by atoms with E-state index < -0.39 is 0 Å². The lowest BCUT2D eigenvalue weighted by molar-refractivity contribution is 0.634. The van der Waals surface area contributed by atoms with E-state index in [2.05, 4.69) is 25.3 Å². The Morgan fingerprint density at radius 1 is 1.00 bits per heavy atom. The maximum Gasteiger partial charge on any atom is 0.00150 e. The Hall–Kier alpha value is -0.780. The summed E-state index contributed by atoms with van der Waals surface area (Å²) >= 11 is 0. The van der Waals surface area contributed by atoms with Crippen LogP contribution in [0.15, 0.2) is 36.5 Å². The predicted octanol–water partition coefficient (Wildman–Crippen LogP) is 3.08. The van der Waals surface area contributed by atoms with Crippen LogP contribution in [0.5, 0.6) is 0 Å². The smallest absolute Gasteiger partial charge is 0.00150 e. The highest BCUT2D eigenvalue weighted by molar-refractivity contribution is 5.39. The van der Waals surface area contributed by atoms with Crippen LogP contribution < -0.4 is 0 Å². The summed E-state index contributed by atoms with van der Waals surface area (Å²) in [6.07, 6.45) is 8.53. The van der Waals surface area contributed by atoms with Gasteiger partial charge in [0.25, 0.3) is 0 Å². The van der Waals surface area contributed by atoms with Crippen molar-refractivity contribution in [1.29, 1.82) is 0 Å². The molecule has 2 unspecified atom stereocenters. The van der Waals surface area contributed by atoms with Gasteiger partial charge in [0, 0.05) is 11.8 Å². The van der Waals surface area contributed by atoms with E-state index in [1.165, 1.54) is 30.4 Å². The topological polar surface area (TPSA) is 0 Å². The maximum absolute atomic E-state index is 4.09. The van der Waals surface area contributed by atoms with Gasteiger partial charge in [-0.25, -0.2) is 0 Å². The summed E-state index contributed by atoms with van der Waals surface area (Å²) in [5, 5.41) is 0. The summed E-state index contributed by atoms with van der Waals surface area (Å²) < 4.78 is 0. The highest BCUT2D eigenvalue weighted by Crippen LogP contribution is 2.39. The molecule has 2 bridgehead atoms. The lowest BCUT2D eigenvalue weighted by atomic mass is 9.83. The second-order valence-corrected chi connectivity index (χ2v) is 3.58. The Morgan fingerprint density at radius 2 is 1.45 bits per heavy atom. The molecular weight excluding hydrogens is 132 g/mol. The van der Waals surface area contributed by atoms with Gasteiger partial charge in [0.05, 0.1) is 0 Å². The summed E-state index contributed by atoms with van der Waals surface area (Å²) in [7, 11) is 0. The van der Waals surface area contributed by atoms with Gasteiger partial charge in [-0.15, -0.1) is 0 Å². The van der Waals surface area contributed by atoms with Crippen LogP contribution in [0.1, 0.15) is 19.3 Å². The summed E-state index contributed by atoms with van der Waals surface area (Å²) in [5.41, 5.74) is 2.57. The first-order valence-corrected chi connectivity index (χ1v) is 4.35. The summed E-state index contributed by atoms with van der Waals surface area (Å²) in [4.78, 5) is 0. The Morgan fingerprint density at radius 3 is 1.91 bits per heavy atom. The minimum absolute atomic E-state index is 0.612. The van der Waals surface area contributed by atoms with Crippen molar-refractivity contribution in [3.63, 3.8) is 0 Å². The van der Waals surface area contributed by atoms with Crippen molar-refractivity contribution in [3.05, 3.63) is 36.5 Å². The van der Waals surface area contributed by atoms with E-state index in [9.17, 15) is 0 Å². The Balaban J connectivity index is 2.39. The highest BCUT2D eigenvalue weighted by atomic mass is 14.3. The third-order valence-corrected chi connectivity index (χ3v) is 2.91. The van der Waals surface area contributed by atoms with Gasteiger partial charge in [-0.05, 0) is 24.0 Å². The van der Waals surface area contributed by atoms with E-state index in [0.717, 1.165) is 0 Å².